The first-order chi connectivity index (χ1) is 8.13. The normalized spacial score (nSPS) is 15.2. The summed E-state index contributed by atoms with van der Waals surface area (Å²) in [6.07, 6.45) is 0.375. The molecule has 0 unspecified atom stereocenters. The van der Waals surface area contributed by atoms with Crippen LogP contribution >= 0.6 is 0 Å². The van der Waals surface area contributed by atoms with E-state index in [9.17, 15) is 9.59 Å². The second-order valence-electron chi connectivity index (χ2n) is 4.10. The summed E-state index contributed by atoms with van der Waals surface area (Å²) < 4.78 is 5.25. The smallest absolute Gasteiger partial charge is 0.219 e. The Morgan fingerprint density at radius 2 is 2.18 bits per heavy atom. The molecule has 0 atom stereocenters. The molecule has 1 amide bonds. The zero-order valence-corrected chi connectivity index (χ0v) is 10.0. The highest BCUT2D eigenvalue weighted by atomic mass is 16.5. The molecular weight excluding hydrogens is 218 g/mol. The van der Waals surface area contributed by atoms with E-state index in [2.05, 4.69) is 0 Å². The fraction of sp³-hybridized carbons (Fsp3) is 0.385. The number of methoxy groups -OCH3 is 1. The van der Waals surface area contributed by atoms with Crippen molar-refractivity contribution in [2.75, 3.05) is 13.7 Å². The van der Waals surface area contributed by atoms with Crippen LogP contribution in [0.2, 0.25) is 0 Å². The lowest BCUT2D eigenvalue weighted by atomic mass is 10.0. The molecule has 1 heterocycles. The third-order valence-corrected chi connectivity index (χ3v) is 3.06. The molecule has 0 bridgehead atoms. The maximum atomic E-state index is 11.9. The first-order valence-electron chi connectivity index (χ1n) is 5.58. The lowest BCUT2D eigenvalue weighted by molar-refractivity contribution is -0.129. The number of Topliss-reactive ketones (excluding diaryl/α,β-unsaturated/α-hetero) is 1. The van der Waals surface area contributed by atoms with E-state index >= 15 is 0 Å². The van der Waals surface area contributed by atoms with Crippen LogP contribution in [0, 0.1) is 0 Å². The molecule has 0 aromatic heterocycles. The van der Waals surface area contributed by atoms with Crippen LogP contribution in [0.15, 0.2) is 18.2 Å². The van der Waals surface area contributed by atoms with Crippen molar-refractivity contribution in [2.45, 2.75) is 19.9 Å². The predicted octanol–water partition coefficient (Wildman–Crippen LogP) is 1.63. The Morgan fingerprint density at radius 1 is 1.41 bits per heavy atom. The molecule has 4 nitrogen and oxygen atoms in total. The molecule has 0 radical (unpaired) electrons. The second kappa shape index (κ2) is 4.57. The van der Waals surface area contributed by atoms with E-state index in [1.807, 2.05) is 6.07 Å². The van der Waals surface area contributed by atoms with Gasteiger partial charge < -0.3 is 9.64 Å². The molecule has 2 rings (SSSR count). The summed E-state index contributed by atoms with van der Waals surface area (Å²) in [7, 11) is 1.57. The van der Waals surface area contributed by atoms with Gasteiger partial charge in [-0.05, 0) is 6.07 Å². The second-order valence-corrected chi connectivity index (χ2v) is 4.10. The minimum Gasteiger partial charge on any atom is -0.496 e. The molecule has 0 spiro atoms. The summed E-state index contributed by atoms with van der Waals surface area (Å²) in [5.74, 6) is 0.725. The average Bonchev–Trinajstić information content (AvgIpc) is 2.49. The zero-order valence-electron chi connectivity index (χ0n) is 10.0. The first-order valence-corrected chi connectivity index (χ1v) is 5.58. The van der Waals surface area contributed by atoms with E-state index in [1.165, 1.54) is 6.92 Å². The number of benzene rings is 1. The molecule has 1 aromatic carbocycles. The number of fused-ring (bicyclic) bond motifs is 1. The van der Waals surface area contributed by atoms with E-state index in [-0.39, 0.29) is 11.7 Å². The monoisotopic (exact) mass is 233 g/mol. The number of nitrogens with zero attached hydrogens (tertiary/aromatic N) is 1. The Morgan fingerprint density at radius 3 is 2.82 bits per heavy atom. The zero-order chi connectivity index (χ0) is 12.4. The average molecular weight is 233 g/mol. The summed E-state index contributed by atoms with van der Waals surface area (Å²) in [6.45, 7) is 2.44. The van der Waals surface area contributed by atoms with Crippen molar-refractivity contribution in [2.24, 2.45) is 0 Å². The van der Waals surface area contributed by atoms with Gasteiger partial charge in [0.25, 0.3) is 0 Å². The SMILES string of the molecule is COc1cccc2c1CN(C(C)=O)CCC2=O. The third kappa shape index (κ3) is 2.16. The number of carbonyl (C=O) groups is 2. The van der Waals surface area contributed by atoms with Crippen LogP contribution in [-0.4, -0.2) is 30.2 Å². The van der Waals surface area contributed by atoms with Crippen molar-refractivity contribution < 1.29 is 14.3 Å². The number of rotatable bonds is 1. The van der Waals surface area contributed by atoms with Gasteiger partial charge in [-0.2, -0.15) is 0 Å². The summed E-state index contributed by atoms with van der Waals surface area (Å²) in [4.78, 5) is 25.1. The van der Waals surface area contributed by atoms with Gasteiger partial charge in [-0.25, -0.2) is 0 Å². The number of ketones is 1. The maximum absolute atomic E-state index is 11.9. The summed E-state index contributed by atoms with van der Waals surface area (Å²) in [6, 6.07) is 5.42. The summed E-state index contributed by atoms with van der Waals surface area (Å²) >= 11 is 0. The van der Waals surface area contributed by atoms with Crippen LogP contribution in [0.3, 0.4) is 0 Å². The summed E-state index contributed by atoms with van der Waals surface area (Å²) in [5, 5.41) is 0. The molecule has 1 aliphatic rings. The number of ether oxygens (including phenoxy) is 1. The highest BCUT2D eigenvalue weighted by Gasteiger charge is 2.23. The minimum atomic E-state index is -0.0171. The molecule has 0 saturated heterocycles. The minimum absolute atomic E-state index is 0.0171. The number of hydrogen-bond acceptors (Lipinski definition) is 3. The van der Waals surface area contributed by atoms with Crippen molar-refractivity contribution in [1.29, 1.82) is 0 Å². The topological polar surface area (TPSA) is 46.6 Å². The predicted molar refractivity (Wildman–Crippen MR) is 63.0 cm³/mol. The van der Waals surface area contributed by atoms with E-state index in [4.69, 9.17) is 4.74 Å². The maximum Gasteiger partial charge on any atom is 0.219 e. The van der Waals surface area contributed by atoms with Crippen molar-refractivity contribution in [1.82, 2.24) is 4.90 Å². The van der Waals surface area contributed by atoms with Crippen LogP contribution < -0.4 is 4.74 Å². The van der Waals surface area contributed by atoms with Gasteiger partial charge in [0, 0.05) is 37.6 Å². The van der Waals surface area contributed by atoms with Gasteiger partial charge in [0.1, 0.15) is 5.75 Å². The molecule has 4 heteroatoms. The Hall–Kier alpha value is -1.84. The number of carbonyl (C=O) groups excluding carboxylic acids is 2. The van der Waals surface area contributed by atoms with Crippen LogP contribution in [0.5, 0.6) is 5.75 Å². The Balaban J connectivity index is 2.48. The van der Waals surface area contributed by atoms with Crippen LogP contribution in [0.4, 0.5) is 0 Å². The van der Waals surface area contributed by atoms with Crippen molar-refractivity contribution in [3.05, 3.63) is 29.3 Å². The molecule has 0 N–H and O–H groups in total. The van der Waals surface area contributed by atoms with Crippen molar-refractivity contribution in [3.63, 3.8) is 0 Å². The highest BCUT2D eigenvalue weighted by Crippen LogP contribution is 2.27. The van der Waals surface area contributed by atoms with E-state index in [0.717, 1.165) is 5.56 Å². The fourth-order valence-corrected chi connectivity index (χ4v) is 2.09. The molecule has 0 fully saturated rings. The molecule has 0 saturated carbocycles. The summed E-state index contributed by atoms with van der Waals surface area (Å²) in [5.41, 5.74) is 1.49. The lowest BCUT2D eigenvalue weighted by Crippen LogP contribution is -2.28. The van der Waals surface area contributed by atoms with Crippen molar-refractivity contribution >= 4 is 11.7 Å². The Kier molecular flexibility index (Phi) is 3.13. The van der Waals surface area contributed by atoms with E-state index in [1.54, 1.807) is 24.1 Å². The highest BCUT2D eigenvalue weighted by molar-refractivity contribution is 5.99. The van der Waals surface area contributed by atoms with Gasteiger partial charge in [0.2, 0.25) is 5.91 Å². The van der Waals surface area contributed by atoms with E-state index < -0.39 is 0 Å². The van der Waals surface area contributed by atoms with Gasteiger partial charge in [-0.1, -0.05) is 12.1 Å². The van der Waals surface area contributed by atoms with Crippen LogP contribution in [0.1, 0.15) is 29.3 Å². The quantitative estimate of drug-likeness (QED) is 0.740. The molecule has 1 aliphatic heterocycles. The fourth-order valence-electron chi connectivity index (χ4n) is 2.09. The molecule has 0 aliphatic carbocycles. The Labute approximate surface area is 100 Å². The molecule has 1 aromatic rings. The van der Waals surface area contributed by atoms with Crippen LogP contribution in [-0.2, 0) is 11.3 Å². The number of amides is 1. The van der Waals surface area contributed by atoms with Gasteiger partial charge in [0.05, 0.1) is 7.11 Å². The van der Waals surface area contributed by atoms with Gasteiger partial charge >= 0.3 is 0 Å². The molecule has 17 heavy (non-hydrogen) atoms. The Bertz CT molecular complexity index is 468. The van der Waals surface area contributed by atoms with Crippen LogP contribution in [0.25, 0.3) is 0 Å². The van der Waals surface area contributed by atoms with Gasteiger partial charge in [-0.3, -0.25) is 9.59 Å². The van der Waals surface area contributed by atoms with Crippen molar-refractivity contribution in [3.8, 4) is 5.75 Å². The number of hydrogen-bond donors (Lipinski definition) is 0. The molecular formula is C13H15NO3. The standard InChI is InChI=1S/C13H15NO3/c1-9(15)14-7-6-12(16)10-4-3-5-13(17-2)11(10)8-14/h3-5H,6-8H2,1-2H3. The van der Waals surface area contributed by atoms with Gasteiger partial charge in [0.15, 0.2) is 5.78 Å². The van der Waals surface area contributed by atoms with E-state index in [0.29, 0.717) is 30.8 Å². The van der Waals surface area contributed by atoms with Gasteiger partial charge in [-0.15, -0.1) is 0 Å². The molecule has 90 valence electrons. The lowest BCUT2D eigenvalue weighted by Gasteiger charge is -2.19. The largest absolute Gasteiger partial charge is 0.496 e. The first kappa shape index (κ1) is 11.6. The third-order valence-electron chi connectivity index (χ3n) is 3.06.